The maximum atomic E-state index is 12.5. The third-order valence-corrected chi connectivity index (χ3v) is 4.05. The molecule has 0 atom stereocenters. The lowest BCUT2D eigenvalue weighted by Crippen LogP contribution is -2.41. The van der Waals surface area contributed by atoms with E-state index in [1.807, 2.05) is 0 Å². The molecule has 26 heavy (non-hydrogen) atoms. The molecule has 6 nitrogen and oxygen atoms in total. The first-order chi connectivity index (χ1) is 12.2. The Morgan fingerprint density at radius 2 is 1.27 bits per heavy atom. The van der Waals surface area contributed by atoms with E-state index in [1.165, 1.54) is 33.1 Å². The average Bonchev–Trinajstić information content (AvgIpc) is 2.63. The van der Waals surface area contributed by atoms with Gasteiger partial charge < -0.3 is 15.4 Å². The van der Waals surface area contributed by atoms with Crippen LogP contribution in [0.25, 0.3) is 0 Å². The first-order valence-electron chi connectivity index (χ1n) is 7.81. The number of methoxy groups -OCH3 is 1. The molecule has 2 amide bonds. The molecule has 0 bridgehead atoms. The zero-order valence-corrected chi connectivity index (χ0v) is 15.4. The van der Waals surface area contributed by atoms with Crippen LogP contribution in [0.5, 0.6) is 0 Å². The summed E-state index contributed by atoms with van der Waals surface area (Å²) in [4.78, 5) is 36.4. The van der Waals surface area contributed by atoms with E-state index in [2.05, 4.69) is 15.4 Å². The fraction of sp³-hybridized carbons (Fsp3) is 0.211. The van der Waals surface area contributed by atoms with Crippen LogP contribution in [0.3, 0.4) is 0 Å². The SMILES string of the molecule is COC(=O)c1ccc(NC(=O)C(C)(C)C(=O)Nc2ccc(Cl)cc2)cc1. The normalized spacial score (nSPS) is 10.8. The molecule has 0 aromatic heterocycles. The first kappa shape index (κ1) is 19.5. The molecule has 0 aliphatic rings. The van der Waals surface area contributed by atoms with Crippen molar-refractivity contribution in [2.24, 2.45) is 5.41 Å². The number of nitrogens with one attached hydrogen (secondary N) is 2. The maximum Gasteiger partial charge on any atom is 0.337 e. The molecule has 0 radical (unpaired) electrons. The van der Waals surface area contributed by atoms with Gasteiger partial charge in [-0.1, -0.05) is 11.6 Å². The van der Waals surface area contributed by atoms with Gasteiger partial charge in [0.25, 0.3) is 0 Å². The maximum absolute atomic E-state index is 12.5. The van der Waals surface area contributed by atoms with Gasteiger partial charge in [-0.05, 0) is 62.4 Å². The van der Waals surface area contributed by atoms with E-state index >= 15 is 0 Å². The van der Waals surface area contributed by atoms with E-state index < -0.39 is 23.2 Å². The molecule has 0 unspecified atom stereocenters. The second kappa shape index (κ2) is 8.01. The molecule has 0 heterocycles. The van der Waals surface area contributed by atoms with Crippen LogP contribution in [0.15, 0.2) is 48.5 Å². The molecule has 0 aliphatic heterocycles. The number of amides is 2. The highest BCUT2D eigenvalue weighted by Crippen LogP contribution is 2.22. The second-order valence-corrected chi connectivity index (χ2v) is 6.55. The molecule has 136 valence electrons. The lowest BCUT2D eigenvalue weighted by atomic mass is 9.90. The molecule has 0 saturated heterocycles. The van der Waals surface area contributed by atoms with E-state index in [1.54, 1.807) is 36.4 Å². The molecule has 0 aliphatic carbocycles. The number of hydrogen-bond acceptors (Lipinski definition) is 4. The molecule has 0 fully saturated rings. The van der Waals surface area contributed by atoms with Gasteiger partial charge in [-0.15, -0.1) is 0 Å². The summed E-state index contributed by atoms with van der Waals surface area (Å²) in [5.41, 5.74) is 0.0590. The minimum Gasteiger partial charge on any atom is -0.465 e. The fourth-order valence-corrected chi connectivity index (χ4v) is 2.14. The van der Waals surface area contributed by atoms with Crippen LogP contribution >= 0.6 is 11.6 Å². The number of benzene rings is 2. The van der Waals surface area contributed by atoms with Crippen molar-refractivity contribution in [3.8, 4) is 0 Å². The predicted molar refractivity (Wildman–Crippen MR) is 100 cm³/mol. The zero-order chi connectivity index (χ0) is 19.3. The monoisotopic (exact) mass is 374 g/mol. The van der Waals surface area contributed by atoms with Crippen molar-refractivity contribution in [2.75, 3.05) is 17.7 Å². The lowest BCUT2D eigenvalue weighted by molar-refractivity contribution is -0.135. The van der Waals surface area contributed by atoms with E-state index in [-0.39, 0.29) is 0 Å². The molecule has 2 aromatic rings. The summed E-state index contributed by atoms with van der Waals surface area (Å²) in [6.07, 6.45) is 0. The lowest BCUT2D eigenvalue weighted by Gasteiger charge is -2.22. The van der Waals surface area contributed by atoms with Crippen LogP contribution in [0, 0.1) is 5.41 Å². The fourth-order valence-electron chi connectivity index (χ4n) is 2.02. The Labute approximate surface area is 156 Å². The summed E-state index contributed by atoms with van der Waals surface area (Å²) >= 11 is 5.81. The van der Waals surface area contributed by atoms with Crippen molar-refractivity contribution in [3.05, 3.63) is 59.1 Å². The minimum absolute atomic E-state index is 0.366. The molecule has 2 aromatic carbocycles. The van der Waals surface area contributed by atoms with Gasteiger partial charge in [0.2, 0.25) is 11.8 Å². The van der Waals surface area contributed by atoms with Crippen LogP contribution < -0.4 is 10.6 Å². The topological polar surface area (TPSA) is 84.5 Å². The molecular weight excluding hydrogens is 356 g/mol. The number of hydrogen-bond donors (Lipinski definition) is 2. The number of halogens is 1. The van der Waals surface area contributed by atoms with Gasteiger partial charge in [0.05, 0.1) is 12.7 Å². The molecule has 7 heteroatoms. The van der Waals surface area contributed by atoms with E-state index in [9.17, 15) is 14.4 Å². The molecule has 0 spiro atoms. The Morgan fingerprint density at radius 1 is 0.846 bits per heavy atom. The van der Waals surface area contributed by atoms with E-state index in [0.29, 0.717) is 22.0 Å². The number of anilines is 2. The minimum atomic E-state index is -1.32. The summed E-state index contributed by atoms with van der Waals surface area (Å²) in [6.45, 7) is 3.05. The summed E-state index contributed by atoms with van der Waals surface area (Å²) in [5.74, 6) is -1.40. The molecule has 0 saturated carbocycles. The van der Waals surface area contributed by atoms with Crippen molar-refractivity contribution in [2.45, 2.75) is 13.8 Å². The highest BCUT2D eigenvalue weighted by atomic mass is 35.5. The Kier molecular flexibility index (Phi) is 6.00. The molecular formula is C19H19ClN2O4. The van der Waals surface area contributed by atoms with Gasteiger partial charge in [-0.25, -0.2) is 4.79 Å². The summed E-state index contributed by atoms with van der Waals surface area (Å²) < 4.78 is 4.62. The third-order valence-electron chi connectivity index (χ3n) is 3.80. The van der Waals surface area contributed by atoms with E-state index in [4.69, 9.17) is 11.6 Å². The average molecular weight is 375 g/mol. The van der Waals surface area contributed by atoms with Crippen LogP contribution in [-0.2, 0) is 14.3 Å². The van der Waals surface area contributed by atoms with Gasteiger partial charge in [-0.2, -0.15) is 0 Å². The smallest absolute Gasteiger partial charge is 0.337 e. The van der Waals surface area contributed by atoms with Crippen LogP contribution in [-0.4, -0.2) is 24.9 Å². The highest BCUT2D eigenvalue weighted by Gasteiger charge is 2.36. The van der Waals surface area contributed by atoms with Gasteiger partial charge in [0.1, 0.15) is 5.41 Å². The third kappa shape index (κ3) is 4.61. The van der Waals surface area contributed by atoms with E-state index in [0.717, 1.165) is 0 Å². The Hall–Kier alpha value is -2.86. The number of esters is 1. The second-order valence-electron chi connectivity index (χ2n) is 6.11. The van der Waals surface area contributed by atoms with Gasteiger partial charge >= 0.3 is 5.97 Å². The zero-order valence-electron chi connectivity index (χ0n) is 14.6. The van der Waals surface area contributed by atoms with Gasteiger partial charge in [-0.3, -0.25) is 9.59 Å². The summed E-state index contributed by atoms with van der Waals surface area (Å²) in [7, 11) is 1.29. The number of ether oxygens (including phenoxy) is 1. The standard InChI is InChI=1S/C19H19ClN2O4/c1-19(2,18(25)22-15-10-6-13(20)7-11-15)17(24)21-14-8-4-12(5-9-14)16(23)26-3/h4-11H,1-3H3,(H,21,24)(H,22,25). The van der Waals surface area contributed by atoms with Crippen molar-refractivity contribution < 1.29 is 19.1 Å². The number of rotatable bonds is 5. The Balaban J connectivity index is 2.05. The first-order valence-corrected chi connectivity index (χ1v) is 8.18. The van der Waals surface area contributed by atoms with Gasteiger partial charge in [0, 0.05) is 16.4 Å². The molecule has 2 N–H and O–H groups in total. The molecule has 2 rings (SSSR count). The van der Waals surface area contributed by atoms with Crippen LogP contribution in [0.1, 0.15) is 24.2 Å². The largest absolute Gasteiger partial charge is 0.465 e. The van der Waals surface area contributed by atoms with Crippen LogP contribution in [0.4, 0.5) is 11.4 Å². The Morgan fingerprint density at radius 3 is 1.69 bits per heavy atom. The number of carbonyl (C=O) groups excluding carboxylic acids is 3. The Bertz CT molecular complexity index is 814. The van der Waals surface area contributed by atoms with Gasteiger partial charge in [0.15, 0.2) is 0 Å². The van der Waals surface area contributed by atoms with Crippen molar-refractivity contribution in [1.82, 2.24) is 0 Å². The quantitative estimate of drug-likeness (QED) is 0.617. The predicted octanol–water partition coefficient (Wildman–Crippen LogP) is 3.73. The van der Waals surface area contributed by atoms with Crippen LogP contribution in [0.2, 0.25) is 5.02 Å². The van der Waals surface area contributed by atoms with Crippen molar-refractivity contribution in [1.29, 1.82) is 0 Å². The summed E-state index contributed by atoms with van der Waals surface area (Å²) in [6, 6.07) is 12.8. The highest BCUT2D eigenvalue weighted by molar-refractivity contribution is 6.30. The van der Waals surface area contributed by atoms with Crippen molar-refractivity contribution >= 4 is 40.8 Å². The summed E-state index contributed by atoms with van der Waals surface area (Å²) in [5, 5.41) is 5.91. The van der Waals surface area contributed by atoms with Crippen molar-refractivity contribution in [3.63, 3.8) is 0 Å². The number of carbonyl (C=O) groups is 3.